The minimum Gasteiger partial charge on any atom is -0.385 e. The molecule has 1 aliphatic rings. The Bertz CT molecular complexity index is 476. The van der Waals surface area contributed by atoms with E-state index in [1.54, 1.807) is 0 Å². The fourth-order valence-corrected chi connectivity index (χ4v) is 3.22. The Balaban J connectivity index is 2.11. The maximum absolute atomic E-state index is 12.8. The molecule has 1 fully saturated rings. The summed E-state index contributed by atoms with van der Waals surface area (Å²) in [6.45, 7) is 5.00. The topological polar surface area (TPSA) is 32.3 Å². The first kappa shape index (κ1) is 15.9. The number of anilines is 1. The fraction of sp³-hybridized carbons (Fsp3) is 0.611. The summed E-state index contributed by atoms with van der Waals surface area (Å²) in [7, 11) is 1.97. The predicted octanol–water partition coefficient (Wildman–Crippen LogP) is 4.22. The van der Waals surface area contributed by atoms with Gasteiger partial charge in [-0.25, -0.2) is 0 Å². The van der Waals surface area contributed by atoms with Gasteiger partial charge in [0.05, 0.1) is 0 Å². The number of carbonyl (C=O) groups is 1. The molecule has 0 heterocycles. The third-order valence-corrected chi connectivity index (χ3v) is 4.53. The number of carbonyl (C=O) groups excluding carboxylic acids is 1. The van der Waals surface area contributed by atoms with Crippen molar-refractivity contribution in [3.8, 4) is 0 Å². The Morgan fingerprint density at radius 2 is 1.90 bits per heavy atom. The van der Waals surface area contributed by atoms with Crippen LogP contribution in [0.5, 0.6) is 0 Å². The lowest BCUT2D eigenvalue weighted by Crippen LogP contribution is -2.37. The smallest absolute Gasteiger partial charge is 0.254 e. The molecule has 0 spiro atoms. The Morgan fingerprint density at radius 1 is 1.24 bits per heavy atom. The van der Waals surface area contributed by atoms with E-state index in [2.05, 4.69) is 18.3 Å². The van der Waals surface area contributed by atoms with Crippen LogP contribution in [-0.2, 0) is 0 Å². The lowest BCUT2D eigenvalue weighted by atomic mass is 10.0. The maximum Gasteiger partial charge on any atom is 0.254 e. The van der Waals surface area contributed by atoms with Gasteiger partial charge in [-0.2, -0.15) is 0 Å². The highest BCUT2D eigenvalue weighted by Gasteiger charge is 2.23. The average Bonchev–Trinajstić information content (AvgIpc) is 2.75. The highest BCUT2D eigenvalue weighted by atomic mass is 16.2. The number of hydrogen-bond donors (Lipinski definition) is 1. The summed E-state index contributed by atoms with van der Waals surface area (Å²) >= 11 is 0. The summed E-state index contributed by atoms with van der Waals surface area (Å²) < 4.78 is 0. The van der Waals surface area contributed by atoms with Gasteiger partial charge < -0.3 is 10.2 Å². The van der Waals surface area contributed by atoms with Crippen LogP contribution in [0.1, 0.15) is 61.4 Å². The molecule has 1 aromatic rings. The molecule has 1 amide bonds. The minimum atomic E-state index is 0.169. The standard InChI is InChI=1S/C18H28N2O/c1-4-19-15-11-12-17(14(2)13-15)18(21)20(3)16-9-7-5-6-8-10-16/h11-13,16,19H,4-10H2,1-3H3. The third kappa shape index (κ3) is 3.99. The number of amides is 1. The van der Waals surface area contributed by atoms with Gasteiger partial charge in [0.25, 0.3) is 5.91 Å². The molecule has 1 saturated carbocycles. The van der Waals surface area contributed by atoms with Gasteiger partial charge in [0, 0.05) is 30.9 Å². The Morgan fingerprint density at radius 3 is 2.48 bits per heavy atom. The first-order chi connectivity index (χ1) is 10.1. The van der Waals surface area contributed by atoms with Gasteiger partial charge in [-0.3, -0.25) is 4.79 Å². The van der Waals surface area contributed by atoms with E-state index in [0.717, 1.165) is 36.2 Å². The van der Waals surface area contributed by atoms with Crippen LogP contribution in [0.2, 0.25) is 0 Å². The van der Waals surface area contributed by atoms with Crippen molar-refractivity contribution in [2.75, 3.05) is 18.9 Å². The zero-order valence-corrected chi connectivity index (χ0v) is 13.6. The van der Waals surface area contributed by atoms with Crippen molar-refractivity contribution in [3.63, 3.8) is 0 Å². The quantitative estimate of drug-likeness (QED) is 0.841. The second-order valence-corrected chi connectivity index (χ2v) is 6.12. The van der Waals surface area contributed by atoms with Crippen LogP contribution in [0.4, 0.5) is 5.69 Å². The van der Waals surface area contributed by atoms with E-state index in [-0.39, 0.29) is 5.91 Å². The number of nitrogens with one attached hydrogen (secondary N) is 1. The van der Waals surface area contributed by atoms with Crippen molar-refractivity contribution >= 4 is 11.6 Å². The molecule has 1 aliphatic carbocycles. The molecule has 0 bridgehead atoms. The normalized spacial score (nSPS) is 16.3. The van der Waals surface area contributed by atoms with E-state index < -0.39 is 0 Å². The first-order valence-corrected chi connectivity index (χ1v) is 8.25. The van der Waals surface area contributed by atoms with Crippen LogP contribution in [0.15, 0.2) is 18.2 Å². The SMILES string of the molecule is CCNc1ccc(C(=O)N(C)C2CCCCCC2)c(C)c1. The van der Waals surface area contributed by atoms with Crippen molar-refractivity contribution in [1.82, 2.24) is 4.90 Å². The predicted molar refractivity (Wildman–Crippen MR) is 88.9 cm³/mol. The molecule has 0 aromatic heterocycles. The molecule has 2 rings (SSSR count). The molecule has 0 radical (unpaired) electrons. The van der Waals surface area contributed by atoms with Crippen LogP contribution < -0.4 is 5.32 Å². The number of rotatable bonds is 4. The molecule has 0 atom stereocenters. The molecule has 0 saturated heterocycles. The Hall–Kier alpha value is -1.51. The average molecular weight is 288 g/mol. The monoisotopic (exact) mass is 288 g/mol. The van der Waals surface area contributed by atoms with Gasteiger partial charge in [0.2, 0.25) is 0 Å². The van der Waals surface area contributed by atoms with Gasteiger partial charge >= 0.3 is 0 Å². The van der Waals surface area contributed by atoms with Crippen molar-refractivity contribution in [1.29, 1.82) is 0 Å². The van der Waals surface area contributed by atoms with Gasteiger partial charge in [-0.1, -0.05) is 25.7 Å². The van der Waals surface area contributed by atoms with Crippen molar-refractivity contribution in [3.05, 3.63) is 29.3 Å². The van der Waals surface area contributed by atoms with Crippen LogP contribution in [-0.4, -0.2) is 30.4 Å². The molecule has 116 valence electrons. The van der Waals surface area contributed by atoms with E-state index in [4.69, 9.17) is 0 Å². The van der Waals surface area contributed by atoms with E-state index in [0.29, 0.717) is 6.04 Å². The molecule has 1 aromatic carbocycles. The van der Waals surface area contributed by atoms with Gasteiger partial charge in [0.1, 0.15) is 0 Å². The zero-order valence-electron chi connectivity index (χ0n) is 13.6. The second kappa shape index (κ2) is 7.48. The number of nitrogens with zero attached hydrogens (tertiary/aromatic N) is 1. The summed E-state index contributed by atoms with van der Waals surface area (Å²) in [5.74, 6) is 0.169. The van der Waals surface area contributed by atoms with Crippen LogP contribution in [0.25, 0.3) is 0 Å². The molecule has 1 N–H and O–H groups in total. The molecule has 0 unspecified atom stereocenters. The lowest BCUT2D eigenvalue weighted by Gasteiger charge is -2.28. The van der Waals surface area contributed by atoms with Crippen molar-refractivity contribution < 1.29 is 4.79 Å². The summed E-state index contributed by atoms with van der Waals surface area (Å²) in [4.78, 5) is 14.7. The van der Waals surface area contributed by atoms with E-state index in [1.165, 1.54) is 25.7 Å². The van der Waals surface area contributed by atoms with Gasteiger partial charge in [0.15, 0.2) is 0 Å². The van der Waals surface area contributed by atoms with Crippen molar-refractivity contribution in [2.24, 2.45) is 0 Å². The van der Waals surface area contributed by atoms with Crippen molar-refractivity contribution in [2.45, 2.75) is 58.4 Å². The fourth-order valence-electron chi connectivity index (χ4n) is 3.22. The summed E-state index contributed by atoms with van der Waals surface area (Å²) in [5, 5.41) is 3.29. The van der Waals surface area contributed by atoms with Crippen LogP contribution >= 0.6 is 0 Å². The molecule has 3 heteroatoms. The molecule has 0 aliphatic heterocycles. The number of benzene rings is 1. The van der Waals surface area contributed by atoms with E-state index >= 15 is 0 Å². The zero-order chi connectivity index (χ0) is 15.2. The number of aryl methyl sites for hydroxylation is 1. The maximum atomic E-state index is 12.8. The summed E-state index contributed by atoms with van der Waals surface area (Å²) in [6.07, 6.45) is 7.43. The van der Waals surface area contributed by atoms with Gasteiger partial charge in [-0.05, 0) is 50.5 Å². The van der Waals surface area contributed by atoms with Gasteiger partial charge in [-0.15, -0.1) is 0 Å². The molecular formula is C18H28N2O. The van der Waals surface area contributed by atoms with E-state index in [1.807, 2.05) is 31.0 Å². The third-order valence-electron chi connectivity index (χ3n) is 4.53. The molecule has 3 nitrogen and oxygen atoms in total. The summed E-state index contributed by atoms with van der Waals surface area (Å²) in [6, 6.07) is 6.44. The summed E-state index contributed by atoms with van der Waals surface area (Å²) in [5.41, 5.74) is 2.98. The molecule has 21 heavy (non-hydrogen) atoms. The highest BCUT2D eigenvalue weighted by Crippen LogP contribution is 2.24. The lowest BCUT2D eigenvalue weighted by molar-refractivity contribution is 0.0717. The largest absolute Gasteiger partial charge is 0.385 e. The van der Waals surface area contributed by atoms with Crippen LogP contribution in [0.3, 0.4) is 0 Å². The minimum absolute atomic E-state index is 0.169. The first-order valence-electron chi connectivity index (χ1n) is 8.25. The van der Waals surface area contributed by atoms with E-state index in [9.17, 15) is 4.79 Å². The van der Waals surface area contributed by atoms with Crippen LogP contribution in [0, 0.1) is 6.92 Å². The molecular weight excluding hydrogens is 260 g/mol. The highest BCUT2D eigenvalue weighted by molar-refractivity contribution is 5.96. The Kier molecular flexibility index (Phi) is 5.66. The Labute approximate surface area is 128 Å². The number of hydrogen-bond acceptors (Lipinski definition) is 2. The second-order valence-electron chi connectivity index (χ2n) is 6.12.